The van der Waals surface area contributed by atoms with Crippen molar-refractivity contribution in [2.75, 3.05) is 33.4 Å². The minimum absolute atomic E-state index is 0.0494. The van der Waals surface area contributed by atoms with Crippen LogP contribution >= 0.6 is 0 Å². The van der Waals surface area contributed by atoms with Crippen molar-refractivity contribution in [2.24, 2.45) is 0 Å². The molecule has 17 heavy (non-hydrogen) atoms. The Kier molecular flexibility index (Phi) is 5.88. The van der Waals surface area contributed by atoms with E-state index in [9.17, 15) is 4.79 Å². The Morgan fingerprint density at radius 1 is 1.53 bits per heavy atom. The maximum Gasteiger partial charge on any atom is 0.308 e. The van der Waals surface area contributed by atoms with Crippen LogP contribution < -0.4 is 5.32 Å². The lowest BCUT2D eigenvalue weighted by molar-refractivity contribution is -0.148. The summed E-state index contributed by atoms with van der Waals surface area (Å²) in [6.07, 6.45) is 0.964. The zero-order valence-electron chi connectivity index (χ0n) is 11.0. The van der Waals surface area contributed by atoms with Gasteiger partial charge in [0.05, 0.1) is 31.3 Å². The molecule has 0 spiro atoms. The van der Waals surface area contributed by atoms with E-state index in [0.717, 1.165) is 13.1 Å². The highest BCUT2D eigenvalue weighted by molar-refractivity contribution is 5.70. The van der Waals surface area contributed by atoms with Gasteiger partial charge in [-0.05, 0) is 13.8 Å². The molecule has 1 aliphatic heterocycles. The highest BCUT2D eigenvalue weighted by atomic mass is 16.5. The number of ether oxygens (including phenoxy) is 3. The maximum atomic E-state index is 11.5. The third-order valence-corrected chi connectivity index (χ3v) is 2.92. The van der Waals surface area contributed by atoms with Gasteiger partial charge in [0.15, 0.2) is 0 Å². The van der Waals surface area contributed by atoms with Crippen LogP contribution in [0.5, 0.6) is 0 Å². The van der Waals surface area contributed by atoms with Crippen molar-refractivity contribution >= 4 is 5.97 Å². The molecule has 0 aromatic carbocycles. The molecule has 1 aliphatic rings. The summed E-state index contributed by atoms with van der Waals surface area (Å²) in [6, 6.07) is 0. The number of morpholine rings is 1. The number of nitrogens with one attached hydrogen (secondary N) is 1. The molecule has 0 radical (unpaired) electrons. The molecule has 1 fully saturated rings. The summed E-state index contributed by atoms with van der Waals surface area (Å²) >= 11 is 0. The van der Waals surface area contributed by atoms with Crippen LogP contribution in [-0.2, 0) is 19.0 Å². The fourth-order valence-corrected chi connectivity index (χ4v) is 1.51. The number of carbonyl (C=O) groups is 1. The van der Waals surface area contributed by atoms with Crippen LogP contribution in [0, 0.1) is 0 Å². The second-order valence-electron chi connectivity index (χ2n) is 4.84. The second kappa shape index (κ2) is 6.93. The summed E-state index contributed by atoms with van der Waals surface area (Å²) in [5.74, 6) is -0.203. The number of carbonyl (C=O) groups excluding carboxylic acids is 1. The fourth-order valence-electron chi connectivity index (χ4n) is 1.51. The van der Waals surface area contributed by atoms with Crippen molar-refractivity contribution in [3.05, 3.63) is 0 Å². The number of esters is 1. The number of methoxy groups -OCH3 is 1. The topological polar surface area (TPSA) is 56.8 Å². The normalized spacial score (nSPS) is 21.2. The third kappa shape index (κ3) is 6.00. The largest absolute Gasteiger partial charge is 0.465 e. The van der Waals surface area contributed by atoms with Crippen molar-refractivity contribution in [3.8, 4) is 0 Å². The molecular weight excluding hydrogens is 222 g/mol. The first-order valence-corrected chi connectivity index (χ1v) is 6.06. The molecule has 0 bridgehead atoms. The molecule has 1 atom stereocenters. The van der Waals surface area contributed by atoms with E-state index < -0.39 is 0 Å². The third-order valence-electron chi connectivity index (χ3n) is 2.92. The smallest absolute Gasteiger partial charge is 0.308 e. The predicted octanol–water partition coefficient (Wildman–Crippen LogP) is 0.723. The van der Waals surface area contributed by atoms with Crippen molar-refractivity contribution in [1.29, 1.82) is 0 Å². The van der Waals surface area contributed by atoms with Gasteiger partial charge >= 0.3 is 5.97 Å². The van der Waals surface area contributed by atoms with Gasteiger partial charge in [0.1, 0.15) is 0 Å². The summed E-state index contributed by atoms with van der Waals surface area (Å²) in [7, 11) is 1.66. The summed E-state index contributed by atoms with van der Waals surface area (Å²) in [4.78, 5) is 11.5. The van der Waals surface area contributed by atoms with Crippen molar-refractivity contribution < 1.29 is 19.0 Å². The second-order valence-corrected chi connectivity index (χ2v) is 4.84. The Hall–Kier alpha value is -0.650. The Morgan fingerprint density at radius 2 is 2.29 bits per heavy atom. The van der Waals surface area contributed by atoms with E-state index in [2.05, 4.69) is 5.32 Å². The van der Waals surface area contributed by atoms with Crippen LogP contribution in [0.4, 0.5) is 0 Å². The van der Waals surface area contributed by atoms with Gasteiger partial charge in [-0.3, -0.25) is 4.79 Å². The molecule has 0 aromatic rings. The van der Waals surface area contributed by atoms with Crippen LogP contribution in [0.25, 0.3) is 0 Å². The zero-order valence-corrected chi connectivity index (χ0v) is 11.0. The molecule has 5 heteroatoms. The monoisotopic (exact) mass is 245 g/mol. The van der Waals surface area contributed by atoms with Crippen LogP contribution in [0.2, 0.25) is 0 Å². The number of hydrogen-bond donors (Lipinski definition) is 1. The SMILES string of the molecule is COC(C)(C)CCOC(=O)CC1CNCCO1. The van der Waals surface area contributed by atoms with E-state index >= 15 is 0 Å². The first kappa shape index (κ1) is 14.4. The van der Waals surface area contributed by atoms with E-state index in [0.29, 0.717) is 26.1 Å². The van der Waals surface area contributed by atoms with Crippen molar-refractivity contribution in [3.63, 3.8) is 0 Å². The van der Waals surface area contributed by atoms with Crippen molar-refractivity contribution in [2.45, 2.75) is 38.4 Å². The van der Waals surface area contributed by atoms with Crippen LogP contribution in [0.15, 0.2) is 0 Å². The molecule has 1 saturated heterocycles. The van der Waals surface area contributed by atoms with E-state index in [-0.39, 0.29) is 17.7 Å². The van der Waals surface area contributed by atoms with Gasteiger partial charge in [0, 0.05) is 26.6 Å². The first-order valence-electron chi connectivity index (χ1n) is 6.06. The Balaban J connectivity index is 2.12. The minimum Gasteiger partial charge on any atom is -0.465 e. The minimum atomic E-state index is -0.247. The lowest BCUT2D eigenvalue weighted by Crippen LogP contribution is -2.39. The predicted molar refractivity (Wildman–Crippen MR) is 63.9 cm³/mol. The lowest BCUT2D eigenvalue weighted by Gasteiger charge is -2.24. The Labute approximate surface area is 103 Å². The van der Waals surface area contributed by atoms with Crippen molar-refractivity contribution in [1.82, 2.24) is 5.32 Å². The first-order chi connectivity index (χ1) is 8.03. The van der Waals surface area contributed by atoms with Gasteiger partial charge in [0.2, 0.25) is 0 Å². The van der Waals surface area contributed by atoms with Gasteiger partial charge in [-0.15, -0.1) is 0 Å². The molecule has 1 N–H and O–H groups in total. The quantitative estimate of drug-likeness (QED) is 0.699. The van der Waals surface area contributed by atoms with Gasteiger partial charge in [0.25, 0.3) is 0 Å². The number of hydrogen-bond acceptors (Lipinski definition) is 5. The van der Waals surface area contributed by atoms with E-state index in [1.165, 1.54) is 0 Å². The van der Waals surface area contributed by atoms with E-state index in [1.54, 1.807) is 7.11 Å². The fraction of sp³-hybridized carbons (Fsp3) is 0.917. The van der Waals surface area contributed by atoms with Gasteiger partial charge in [-0.25, -0.2) is 0 Å². The summed E-state index contributed by atoms with van der Waals surface area (Å²) in [6.45, 7) is 6.56. The van der Waals surface area contributed by atoms with Crippen LogP contribution in [-0.4, -0.2) is 51.1 Å². The van der Waals surface area contributed by atoms with Crippen LogP contribution in [0.1, 0.15) is 26.7 Å². The molecule has 0 amide bonds. The Morgan fingerprint density at radius 3 is 2.88 bits per heavy atom. The molecule has 5 nitrogen and oxygen atoms in total. The molecule has 1 unspecified atom stereocenters. The number of rotatable bonds is 6. The highest BCUT2D eigenvalue weighted by Gasteiger charge is 2.20. The molecule has 0 saturated carbocycles. The summed E-state index contributed by atoms with van der Waals surface area (Å²) < 4.78 is 15.8. The summed E-state index contributed by atoms with van der Waals surface area (Å²) in [5.41, 5.74) is -0.247. The van der Waals surface area contributed by atoms with E-state index in [4.69, 9.17) is 14.2 Å². The molecule has 1 heterocycles. The van der Waals surface area contributed by atoms with Gasteiger partial charge in [-0.2, -0.15) is 0 Å². The average molecular weight is 245 g/mol. The van der Waals surface area contributed by atoms with Crippen LogP contribution in [0.3, 0.4) is 0 Å². The lowest BCUT2D eigenvalue weighted by atomic mass is 10.1. The molecule has 0 aromatic heterocycles. The van der Waals surface area contributed by atoms with Gasteiger partial charge in [-0.1, -0.05) is 0 Å². The Bertz CT molecular complexity index is 237. The molecule has 0 aliphatic carbocycles. The molecule has 100 valence electrons. The summed E-state index contributed by atoms with van der Waals surface area (Å²) in [5, 5.41) is 3.18. The molecular formula is C12H23NO4. The maximum absolute atomic E-state index is 11.5. The zero-order chi connectivity index (χ0) is 12.7. The molecule has 1 rings (SSSR count). The average Bonchev–Trinajstić information content (AvgIpc) is 2.30. The standard InChI is InChI=1S/C12H23NO4/c1-12(2,15-3)4-6-17-11(14)8-10-9-13-5-7-16-10/h10,13H,4-9H2,1-3H3. The highest BCUT2D eigenvalue weighted by Crippen LogP contribution is 2.13. The van der Waals surface area contributed by atoms with E-state index in [1.807, 2.05) is 13.8 Å². The van der Waals surface area contributed by atoms with Gasteiger partial charge < -0.3 is 19.5 Å².